The van der Waals surface area contributed by atoms with Gasteiger partial charge in [0, 0.05) is 44.2 Å². The van der Waals surface area contributed by atoms with Crippen LogP contribution in [0.3, 0.4) is 0 Å². The minimum atomic E-state index is 0.186. The number of nitrogens with zero attached hydrogens (tertiary/aromatic N) is 9. The maximum atomic E-state index is 9.71. The van der Waals surface area contributed by atoms with Gasteiger partial charge in [-0.1, -0.05) is 11.6 Å². The molecule has 0 radical (unpaired) electrons. The first-order valence-electron chi connectivity index (χ1n) is 12.4. The van der Waals surface area contributed by atoms with Gasteiger partial charge in [0.15, 0.2) is 17.2 Å². The third kappa shape index (κ3) is 4.46. The van der Waals surface area contributed by atoms with E-state index in [9.17, 15) is 10.5 Å². The summed E-state index contributed by atoms with van der Waals surface area (Å²) >= 11 is 6.88. The summed E-state index contributed by atoms with van der Waals surface area (Å²) in [5.41, 5.74) is 2.55. The fourth-order valence-corrected chi connectivity index (χ4v) is 5.24. The number of rotatable bonds is 6. The second-order valence-electron chi connectivity index (χ2n) is 9.76. The van der Waals surface area contributed by atoms with E-state index in [4.69, 9.17) is 16.9 Å². The number of piperazine rings is 1. The summed E-state index contributed by atoms with van der Waals surface area (Å²) in [6, 6.07) is 11.0. The number of nitriles is 3. The molecule has 0 amide bonds. The highest BCUT2D eigenvalue weighted by Gasteiger charge is 2.35. The minimum Gasteiger partial charge on any atom is -0.368 e. The number of benzene rings is 1. The second-order valence-corrected chi connectivity index (χ2v) is 10.1. The lowest BCUT2D eigenvalue weighted by atomic mass is 9.80. The minimum absolute atomic E-state index is 0.186. The van der Waals surface area contributed by atoms with Gasteiger partial charge in [0.2, 0.25) is 5.95 Å². The molecule has 186 valence electrons. The molecule has 12 heteroatoms. The van der Waals surface area contributed by atoms with Gasteiger partial charge in [0.05, 0.1) is 40.3 Å². The van der Waals surface area contributed by atoms with Crippen LogP contribution in [0.15, 0.2) is 18.3 Å². The molecule has 0 atom stereocenters. The molecule has 1 aromatic carbocycles. The highest BCUT2D eigenvalue weighted by Crippen LogP contribution is 2.38. The molecular formula is C25H24ClN11. The third-order valence-electron chi connectivity index (χ3n) is 7.29. The Hall–Kier alpha value is -4.11. The Morgan fingerprint density at radius 2 is 1.81 bits per heavy atom. The Morgan fingerprint density at radius 1 is 1.03 bits per heavy atom. The molecule has 3 fully saturated rings. The van der Waals surface area contributed by atoms with Crippen molar-refractivity contribution in [2.45, 2.75) is 37.8 Å². The van der Waals surface area contributed by atoms with Crippen molar-refractivity contribution in [3.05, 3.63) is 34.6 Å². The molecule has 3 aliphatic rings. The van der Waals surface area contributed by atoms with Crippen LogP contribution in [0.4, 0.5) is 23.1 Å². The predicted octanol–water partition coefficient (Wildman–Crippen LogP) is 3.26. The number of hydrogen-bond donors (Lipinski definition) is 2. The van der Waals surface area contributed by atoms with Crippen LogP contribution in [0.25, 0.3) is 5.65 Å². The first-order chi connectivity index (χ1) is 18.1. The molecule has 37 heavy (non-hydrogen) atoms. The topological polar surface area (TPSA) is 145 Å². The summed E-state index contributed by atoms with van der Waals surface area (Å²) in [5.74, 6) is 0.974. The van der Waals surface area contributed by atoms with Crippen LogP contribution in [0.2, 0.25) is 5.02 Å². The first-order valence-corrected chi connectivity index (χ1v) is 12.8. The number of halogens is 1. The van der Waals surface area contributed by atoms with Crippen molar-refractivity contribution in [1.29, 1.82) is 15.8 Å². The van der Waals surface area contributed by atoms with Gasteiger partial charge in [-0.3, -0.25) is 4.90 Å². The van der Waals surface area contributed by atoms with Crippen LogP contribution in [0.1, 0.15) is 36.9 Å². The SMILES string of the molecule is N#Cc1cc(Nc2nc(NC3CC3)c3ncc(C#N)n3n2)c(Cl)c(N2CCN([C@H]3C[C@H](C#N)C3)CC2)c1. The van der Waals surface area contributed by atoms with Gasteiger partial charge in [0.25, 0.3) is 0 Å². The number of imidazole rings is 1. The number of hydrogen-bond acceptors (Lipinski definition) is 10. The van der Waals surface area contributed by atoms with Crippen molar-refractivity contribution in [3.63, 3.8) is 0 Å². The van der Waals surface area contributed by atoms with Gasteiger partial charge in [-0.2, -0.15) is 25.3 Å². The standard InChI is InChI=1S/C25H24ClN11/c26-22-20(32-25-33-23(31-17-1-2-17)24-30-14-19(13-29)37(24)34-25)9-16(12-28)10-21(22)36-5-3-35(4-6-36)18-7-15(8-18)11-27/h9-10,14-15,17-18H,1-8H2,(H2,31,32,33,34)/t15-,18-. The van der Waals surface area contributed by atoms with Crippen molar-refractivity contribution >= 4 is 40.4 Å². The molecule has 0 unspecified atom stereocenters. The highest BCUT2D eigenvalue weighted by molar-refractivity contribution is 6.36. The lowest BCUT2D eigenvalue weighted by Gasteiger charge is -2.45. The van der Waals surface area contributed by atoms with E-state index >= 15 is 0 Å². The fourth-order valence-electron chi connectivity index (χ4n) is 4.96. The molecular weight excluding hydrogens is 490 g/mol. The molecule has 11 nitrogen and oxygen atoms in total. The van der Waals surface area contributed by atoms with Crippen LogP contribution in [0.5, 0.6) is 0 Å². The zero-order chi connectivity index (χ0) is 25.5. The Labute approximate surface area is 218 Å². The highest BCUT2D eigenvalue weighted by atomic mass is 35.5. The Balaban J connectivity index is 1.26. The van der Waals surface area contributed by atoms with E-state index in [0.717, 1.165) is 57.5 Å². The van der Waals surface area contributed by atoms with Gasteiger partial charge in [-0.05, 0) is 37.8 Å². The van der Waals surface area contributed by atoms with Crippen molar-refractivity contribution < 1.29 is 0 Å². The molecule has 0 spiro atoms. The Kier molecular flexibility index (Phi) is 5.92. The predicted molar refractivity (Wildman–Crippen MR) is 138 cm³/mol. The van der Waals surface area contributed by atoms with E-state index in [2.05, 4.69) is 53.7 Å². The number of fused-ring (bicyclic) bond motifs is 1. The van der Waals surface area contributed by atoms with E-state index < -0.39 is 0 Å². The average molecular weight is 514 g/mol. The summed E-state index contributed by atoms with van der Waals surface area (Å²) in [5, 5.41) is 39.8. The van der Waals surface area contributed by atoms with Crippen molar-refractivity contribution in [2.75, 3.05) is 41.7 Å². The van der Waals surface area contributed by atoms with Gasteiger partial charge >= 0.3 is 0 Å². The molecule has 3 heterocycles. The van der Waals surface area contributed by atoms with E-state index in [1.807, 2.05) is 6.07 Å². The average Bonchev–Trinajstić information content (AvgIpc) is 3.61. The maximum Gasteiger partial charge on any atom is 0.247 e. The molecule has 1 aliphatic heterocycles. The van der Waals surface area contributed by atoms with Crippen LogP contribution in [0, 0.1) is 39.9 Å². The quantitative estimate of drug-likeness (QED) is 0.503. The van der Waals surface area contributed by atoms with Gasteiger partial charge < -0.3 is 15.5 Å². The second kappa shape index (κ2) is 9.40. The van der Waals surface area contributed by atoms with E-state index in [1.165, 1.54) is 10.7 Å². The summed E-state index contributed by atoms with van der Waals surface area (Å²) in [7, 11) is 0. The van der Waals surface area contributed by atoms with Crippen LogP contribution < -0.4 is 15.5 Å². The molecule has 2 N–H and O–H groups in total. The molecule has 2 aromatic heterocycles. The first kappa shape index (κ1) is 23.3. The summed E-state index contributed by atoms with van der Waals surface area (Å²) in [6.07, 6.45) is 5.47. The maximum absolute atomic E-state index is 9.71. The molecule has 3 aromatic rings. The largest absolute Gasteiger partial charge is 0.368 e. The van der Waals surface area contributed by atoms with Crippen molar-refractivity contribution in [2.24, 2.45) is 5.92 Å². The van der Waals surface area contributed by atoms with Gasteiger partial charge in [-0.15, -0.1) is 5.10 Å². The zero-order valence-electron chi connectivity index (χ0n) is 20.0. The molecule has 2 aliphatic carbocycles. The number of nitrogens with one attached hydrogen (secondary N) is 2. The summed E-state index contributed by atoms with van der Waals surface area (Å²) < 4.78 is 1.46. The zero-order valence-corrected chi connectivity index (χ0v) is 20.8. The van der Waals surface area contributed by atoms with Crippen LogP contribution in [-0.2, 0) is 0 Å². The van der Waals surface area contributed by atoms with Gasteiger partial charge in [0.1, 0.15) is 6.07 Å². The van der Waals surface area contributed by atoms with E-state index in [1.54, 1.807) is 6.07 Å². The summed E-state index contributed by atoms with van der Waals surface area (Å²) in [4.78, 5) is 13.6. The molecule has 2 saturated carbocycles. The number of aromatic nitrogens is 4. The molecule has 1 saturated heterocycles. The van der Waals surface area contributed by atoms with Crippen molar-refractivity contribution in [1.82, 2.24) is 24.5 Å². The van der Waals surface area contributed by atoms with E-state index in [-0.39, 0.29) is 11.9 Å². The Morgan fingerprint density at radius 3 is 2.49 bits per heavy atom. The van der Waals surface area contributed by atoms with Crippen LogP contribution in [-0.4, -0.2) is 62.7 Å². The van der Waals surface area contributed by atoms with Crippen molar-refractivity contribution in [3.8, 4) is 18.2 Å². The lowest BCUT2D eigenvalue weighted by molar-refractivity contribution is 0.0945. The Bertz CT molecular complexity index is 1480. The smallest absolute Gasteiger partial charge is 0.247 e. The summed E-state index contributed by atoms with van der Waals surface area (Å²) in [6.45, 7) is 3.32. The monoisotopic (exact) mass is 513 g/mol. The lowest BCUT2D eigenvalue weighted by Crippen LogP contribution is -2.54. The molecule has 6 rings (SSSR count). The fraction of sp³-hybridized carbons (Fsp3) is 0.440. The van der Waals surface area contributed by atoms with Gasteiger partial charge in [-0.25, -0.2) is 4.98 Å². The normalized spacial score (nSPS) is 21.5. The van der Waals surface area contributed by atoms with Crippen LogP contribution >= 0.6 is 11.6 Å². The number of anilines is 4. The molecule has 0 bridgehead atoms. The third-order valence-corrected chi connectivity index (χ3v) is 7.69. The van der Waals surface area contributed by atoms with E-state index in [0.29, 0.717) is 45.5 Å².